The smallest absolute Gasteiger partial charge is 0.259 e. The van der Waals surface area contributed by atoms with E-state index >= 15 is 0 Å². The summed E-state index contributed by atoms with van der Waals surface area (Å²) < 4.78 is 34.5. The van der Waals surface area contributed by atoms with Gasteiger partial charge in [0.1, 0.15) is 23.4 Å². The number of rotatable bonds is 4. The van der Waals surface area contributed by atoms with Crippen molar-refractivity contribution in [2.75, 3.05) is 20.1 Å². The third kappa shape index (κ3) is 4.64. The molecule has 5 nitrogen and oxygen atoms in total. The molecule has 2 heterocycles. The second-order valence-corrected chi connectivity index (χ2v) is 9.23. The lowest BCUT2D eigenvalue weighted by Crippen LogP contribution is -2.47. The number of likely N-dealkylation sites (N-methyl/N-ethyl adjacent to an activating group) is 1. The lowest BCUT2D eigenvalue weighted by atomic mass is 9.84. The van der Waals surface area contributed by atoms with Crippen LogP contribution >= 0.6 is 11.8 Å². The fourth-order valence-electron chi connectivity index (χ4n) is 4.64. The number of nitrogens with one attached hydrogen (secondary N) is 1. The van der Waals surface area contributed by atoms with Crippen molar-refractivity contribution in [2.24, 2.45) is 10.9 Å². The van der Waals surface area contributed by atoms with E-state index in [-0.39, 0.29) is 18.9 Å². The third-order valence-corrected chi connectivity index (χ3v) is 7.24. The van der Waals surface area contributed by atoms with E-state index in [2.05, 4.69) is 10.3 Å². The van der Waals surface area contributed by atoms with Crippen LogP contribution in [-0.2, 0) is 4.74 Å². The van der Waals surface area contributed by atoms with Crippen LogP contribution in [0.1, 0.15) is 42.5 Å². The lowest BCUT2D eigenvalue weighted by molar-refractivity contribution is -0.0542. The van der Waals surface area contributed by atoms with Gasteiger partial charge in [-0.15, -0.1) is 11.8 Å². The Bertz CT molecular complexity index is 750. The molecule has 1 aromatic carbocycles. The number of nitrogens with zero attached hydrogens (tertiary/aromatic N) is 2. The summed E-state index contributed by atoms with van der Waals surface area (Å²) in [5.74, 6) is -1.95. The van der Waals surface area contributed by atoms with Gasteiger partial charge in [-0.2, -0.15) is 0 Å². The zero-order valence-electron chi connectivity index (χ0n) is 16.5. The topological polar surface area (TPSA) is 53.9 Å². The molecular formula is C21H27F2N3O2S. The average Bonchev–Trinajstić information content (AvgIpc) is 3.17. The summed E-state index contributed by atoms with van der Waals surface area (Å²) in [5.41, 5.74) is 1.42. The molecular weight excluding hydrogens is 396 g/mol. The zero-order chi connectivity index (χ0) is 20.4. The van der Waals surface area contributed by atoms with Crippen molar-refractivity contribution in [1.29, 1.82) is 0 Å². The number of hydrogen-bond donors (Lipinski definition) is 1. The Kier molecular flexibility index (Phi) is 6.51. The van der Waals surface area contributed by atoms with E-state index in [1.807, 2.05) is 5.55 Å². The predicted octanol–water partition coefficient (Wildman–Crippen LogP) is 3.44. The quantitative estimate of drug-likeness (QED) is 0.806. The van der Waals surface area contributed by atoms with Crippen LogP contribution in [0.25, 0.3) is 0 Å². The maximum Gasteiger partial charge on any atom is 0.259 e. The van der Waals surface area contributed by atoms with Crippen molar-refractivity contribution in [3.63, 3.8) is 0 Å². The number of halogens is 2. The van der Waals surface area contributed by atoms with E-state index in [1.54, 1.807) is 18.8 Å². The van der Waals surface area contributed by atoms with Gasteiger partial charge < -0.3 is 9.64 Å². The first-order valence-electron chi connectivity index (χ1n) is 10.3. The van der Waals surface area contributed by atoms with Gasteiger partial charge in [-0.1, -0.05) is 18.9 Å². The molecule has 8 heteroatoms. The van der Waals surface area contributed by atoms with E-state index < -0.39 is 23.1 Å². The maximum absolute atomic E-state index is 14.0. The predicted molar refractivity (Wildman–Crippen MR) is 110 cm³/mol. The van der Waals surface area contributed by atoms with Crippen molar-refractivity contribution in [3.8, 4) is 0 Å². The van der Waals surface area contributed by atoms with Gasteiger partial charge in [0.25, 0.3) is 5.91 Å². The number of aliphatic imine (C=N–C) groups is 1. The molecule has 5 atom stereocenters. The summed E-state index contributed by atoms with van der Waals surface area (Å²) in [6.45, 7) is 1.07. The van der Waals surface area contributed by atoms with E-state index in [0.29, 0.717) is 17.2 Å². The van der Waals surface area contributed by atoms with Crippen LogP contribution in [0.15, 0.2) is 23.2 Å². The molecule has 2 fully saturated rings. The Hall–Kier alpha value is -1.51. The standard InChI is InChI=1S/C21H27F2N3O2S/c1-26(21(27)20-15(22)6-4-7-16(20)23)11-19-25-13-5-2-3-8-17(28-19)14(9-13)18-10-24-12-29-18/h4,6-7,12-14,17-19,25H,2-3,5,8-11H2,1H3. The Morgan fingerprint density at radius 3 is 2.79 bits per heavy atom. The van der Waals surface area contributed by atoms with Gasteiger partial charge in [0.2, 0.25) is 0 Å². The number of ether oxygens (including phenoxy) is 1. The first kappa shape index (κ1) is 20.8. The highest BCUT2D eigenvalue weighted by Gasteiger charge is 2.39. The third-order valence-electron chi connectivity index (χ3n) is 6.12. The van der Waals surface area contributed by atoms with E-state index in [4.69, 9.17) is 4.74 Å². The number of fused-ring (bicyclic) bond motifs is 3. The lowest BCUT2D eigenvalue weighted by Gasteiger charge is -2.32. The van der Waals surface area contributed by atoms with Gasteiger partial charge in [-0.3, -0.25) is 15.1 Å². The summed E-state index contributed by atoms with van der Waals surface area (Å²) in [6, 6.07) is 3.77. The first-order chi connectivity index (χ1) is 14.0. The molecule has 1 saturated heterocycles. The van der Waals surface area contributed by atoms with Crippen molar-refractivity contribution in [2.45, 2.75) is 55.7 Å². The fraction of sp³-hybridized carbons (Fsp3) is 0.619. The van der Waals surface area contributed by atoms with Crippen LogP contribution in [0.4, 0.5) is 8.78 Å². The maximum atomic E-state index is 14.0. The number of benzene rings is 1. The normalized spacial score (nSPS) is 31.9. The zero-order valence-corrected chi connectivity index (χ0v) is 17.3. The largest absolute Gasteiger partial charge is 0.358 e. The number of hydrogen-bond acceptors (Lipinski definition) is 5. The molecule has 4 rings (SSSR count). The Labute approximate surface area is 174 Å². The summed E-state index contributed by atoms with van der Waals surface area (Å²) in [6.07, 6.45) is 5.12. The molecule has 1 N–H and O–H groups in total. The van der Waals surface area contributed by atoms with Gasteiger partial charge in [0.15, 0.2) is 0 Å². The monoisotopic (exact) mass is 423 g/mol. The average molecular weight is 424 g/mol. The molecule has 1 aromatic rings. The SMILES string of the molecule is CN(CC1NC2CCCCC(O1)C(C1CN=CS1)C2)C(=O)c1c(F)cccc1F. The molecule has 0 spiro atoms. The van der Waals surface area contributed by atoms with Gasteiger partial charge in [0, 0.05) is 24.3 Å². The molecule has 3 aliphatic rings. The summed E-state index contributed by atoms with van der Waals surface area (Å²) >= 11 is 1.79. The number of amides is 1. The molecule has 2 aliphatic heterocycles. The molecule has 2 bridgehead atoms. The van der Waals surface area contributed by atoms with Gasteiger partial charge in [-0.05, 0) is 31.4 Å². The molecule has 0 radical (unpaired) electrons. The second-order valence-electron chi connectivity index (χ2n) is 8.14. The van der Waals surface area contributed by atoms with Crippen molar-refractivity contribution in [1.82, 2.24) is 10.2 Å². The Morgan fingerprint density at radius 2 is 2.07 bits per heavy atom. The van der Waals surface area contributed by atoms with Crippen LogP contribution in [0, 0.1) is 17.6 Å². The molecule has 29 heavy (non-hydrogen) atoms. The second kappa shape index (κ2) is 9.10. The van der Waals surface area contributed by atoms with Crippen LogP contribution in [-0.4, -0.2) is 60.1 Å². The first-order valence-corrected chi connectivity index (χ1v) is 11.2. The Balaban J connectivity index is 1.47. The van der Waals surface area contributed by atoms with E-state index in [9.17, 15) is 13.6 Å². The summed E-state index contributed by atoms with van der Waals surface area (Å²) in [5, 5.41) is 3.99. The number of thioether (sulfide) groups is 1. The molecule has 1 aliphatic carbocycles. The van der Waals surface area contributed by atoms with E-state index in [0.717, 1.165) is 50.8 Å². The van der Waals surface area contributed by atoms with Crippen LogP contribution in [0.3, 0.4) is 0 Å². The molecule has 1 amide bonds. The Morgan fingerprint density at radius 1 is 1.31 bits per heavy atom. The highest BCUT2D eigenvalue weighted by atomic mass is 32.2. The molecule has 1 saturated carbocycles. The minimum atomic E-state index is -0.844. The van der Waals surface area contributed by atoms with Gasteiger partial charge in [-0.25, -0.2) is 8.78 Å². The van der Waals surface area contributed by atoms with Crippen molar-refractivity contribution >= 4 is 23.2 Å². The van der Waals surface area contributed by atoms with Crippen LogP contribution < -0.4 is 5.32 Å². The van der Waals surface area contributed by atoms with Crippen LogP contribution in [0.5, 0.6) is 0 Å². The minimum absolute atomic E-state index is 0.102. The number of carbonyl (C=O) groups excluding carboxylic acids is 1. The van der Waals surface area contributed by atoms with Crippen molar-refractivity contribution < 1.29 is 18.3 Å². The minimum Gasteiger partial charge on any atom is -0.358 e. The highest BCUT2D eigenvalue weighted by Crippen LogP contribution is 2.37. The highest BCUT2D eigenvalue weighted by molar-refractivity contribution is 8.12. The van der Waals surface area contributed by atoms with Crippen LogP contribution in [0.2, 0.25) is 0 Å². The molecule has 5 unspecified atom stereocenters. The molecule has 158 valence electrons. The molecule has 0 aromatic heterocycles. The number of carbonyl (C=O) groups is 1. The van der Waals surface area contributed by atoms with E-state index in [1.165, 1.54) is 11.0 Å². The summed E-state index contributed by atoms with van der Waals surface area (Å²) in [4.78, 5) is 18.4. The summed E-state index contributed by atoms with van der Waals surface area (Å²) in [7, 11) is 1.56. The van der Waals surface area contributed by atoms with Crippen molar-refractivity contribution in [3.05, 3.63) is 35.4 Å². The van der Waals surface area contributed by atoms with Gasteiger partial charge >= 0.3 is 0 Å². The fourth-order valence-corrected chi connectivity index (χ4v) is 5.63. The van der Waals surface area contributed by atoms with Gasteiger partial charge in [0.05, 0.1) is 24.7 Å².